The van der Waals surface area contributed by atoms with Crippen molar-refractivity contribution >= 4 is 12.2 Å². The van der Waals surface area contributed by atoms with Crippen LogP contribution in [-0.4, -0.2) is 23.7 Å². The van der Waals surface area contributed by atoms with Crippen molar-refractivity contribution in [2.45, 2.75) is 20.0 Å². The topological polar surface area (TPSA) is 47.1 Å². The molecule has 0 spiro atoms. The Kier molecular flexibility index (Phi) is 5.26. The summed E-state index contributed by atoms with van der Waals surface area (Å²) >= 11 is 5.17. The number of aromatic amines is 1. The monoisotopic (exact) mass is 290 g/mol. The number of H-pyrrole nitrogens is 1. The molecular weight excluding hydrogens is 272 g/mol. The van der Waals surface area contributed by atoms with E-state index in [9.17, 15) is 0 Å². The van der Waals surface area contributed by atoms with Crippen LogP contribution < -0.4 is 4.74 Å². The Morgan fingerprint density at radius 1 is 1.25 bits per heavy atom. The lowest BCUT2D eigenvalue weighted by Crippen LogP contribution is -1.99. The number of nitrogens with zero attached hydrogens (tertiary/aromatic N) is 1. The third-order valence-electron chi connectivity index (χ3n) is 2.71. The molecule has 0 unspecified atom stereocenters. The third kappa shape index (κ3) is 3.88. The molecule has 0 fully saturated rings. The van der Waals surface area contributed by atoms with Crippen LogP contribution in [0.1, 0.15) is 19.2 Å². The summed E-state index contributed by atoms with van der Waals surface area (Å²) in [5, 5.41) is 0. The molecule has 0 saturated carbocycles. The number of methoxy groups -OCH3 is 1. The summed E-state index contributed by atoms with van der Waals surface area (Å²) in [5.74, 6) is 1.60. The molecule has 20 heavy (non-hydrogen) atoms. The van der Waals surface area contributed by atoms with E-state index in [1.54, 1.807) is 7.11 Å². The molecule has 2 rings (SSSR count). The van der Waals surface area contributed by atoms with E-state index < -0.39 is 0 Å². The Morgan fingerprint density at radius 3 is 2.65 bits per heavy atom. The van der Waals surface area contributed by atoms with Crippen molar-refractivity contribution < 1.29 is 9.47 Å². The summed E-state index contributed by atoms with van der Waals surface area (Å²) in [6.45, 7) is 3.23. The highest BCUT2D eigenvalue weighted by molar-refractivity contribution is 7.71. The number of benzene rings is 1. The minimum Gasteiger partial charge on any atom is -0.494 e. The van der Waals surface area contributed by atoms with Crippen molar-refractivity contribution in [3.05, 3.63) is 40.8 Å². The van der Waals surface area contributed by atoms with Crippen molar-refractivity contribution in [3.8, 4) is 17.0 Å². The second-order valence-corrected chi connectivity index (χ2v) is 4.80. The van der Waals surface area contributed by atoms with E-state index in [2.05, 4.69) is 16.9 Å². The summed E-state index contributed by atoms with van der Waals surface area (Å²) in [6, 6.07) is 9.76. The summed E-state index contributed by atoms with van der Waals surface area (Å²) in [7, 11) is 1.63. The van der Waals surface area contributed by atoms with Crippen molar-refractivity contribution in [3.63, 3.8) is 0 Å². The lowest BCUT2D eigenvalue weighted by atomic mass is 10.1. The van der Waals surface area contributed by atoms with Crippen LogP contribution >= 0.6 is 12.2 Å². The fourth-order valence-electron chi connectivity index (χ4n) is 1.82. The van der Waals surface area contributed by atoms with Crippen LogP contribution in [0.15, 0.2) is 30.3 Å². The normalized spacial score (nSPS) is 10.5. The molecule has 0 aliphatic heterocycles. The van der Waals surface area contributed by atoms with E-state index >= 15 is 0 Å². The van der Waals surface area contributed by atoms with Crippen molar-refractivity contribution in [2.75, 3.05) is 13.7 Å². The maximum Gasteiger partial charge on any atom is 0.134 e. The Morgan fingerprint density at radius 2 is 2.00 bits per heavy atom. The number of nitrogens with one attached hydrogen (secondary N) is 1. The zero-order valence-electron chi connectivity index (χ0n) is 11.7. The van der Waals surface area contributed by atoms with Gasteiger partial charge in [-0.1, -0.05) is 19.1 Å². The fraction of sp³-hybridized carbons (Fsp3) is 0.333. The first-order chi connectivity index (χ1) is 9.72. The molecule has 0 aliphatic rings. The highest BCUT2D eigenvalue weighted by atomic mass is 32.1. The molecule has 1 aromatic carbocycles. The predicted molar refractivity (Wildman–Crippen MR) is 81.4 cm³/mol. The van der Waals surface area contributed by atoms with Gasteiger partial charge in [0, 0.05) is 12.8 Å². The van der Waals surface area contributed by atoms with Gasteiger partial charge in [-0.25, -0.2) is 4.98 Å². The molecule has 4 nitrogen and oxygen atoms in total. The molecule has 1 heterocycles. The maximum absolute atomic E-state index is 5.57. The SMILES string of the molecule is CCCOc1ccc(-c2cc(=S)nc(COC)[nH]2)cc1. The first kappa shape index (κ1) is 14.7. The molecule has 2 aromatic rings. The van der Waals surface area contributed by atoms with Crippen LogP contribution in [-0.2, 0) is 11.3 Å². The van der Waals surface area contributed by atoms with Gasteiger partial charge < -0.3 is 14.5 Å². The van der Waals surface area contributed by atoms with E-state index in [0.29, 0.717) is 11.2 Å². The van der Waals surface area contributed by atoms with E-state index in [-0.39, 0.29) is 0 Å². The van der Waals surface area contributed by atoms with Crippen LogP contribution in [0.3, 0.4) is 0 Å². The average molecular weight is 290 g/mol. The van der Waals surface area contributed by atoms with Crippen LogP contribution in [0, 0.1) is 4.64 Å². The highest BCUT2D eigenvalue weighted by Gasteiger charge is 2.02. The first-order valence-corrected chi connectivity index (χ1v) is 6.96. The molecule has 0 bridgehead atoms. The van der Waals surface area contributed by atoms with Crippen LogP contribution in [0.4, 0.5) is 0 Å². The Hall–Kier alpha value is -1.72. The van der Waals surface area contributed by atoms with Crippen LogP contribution in [0.5, 0.6) is 5.75 Å². The van der Waals surface area contributed by atoms with Gasteiger partial charge in [-0.3, -0.25) is 0 Å². The molecule has 1 N–H and O–H groups in total. The van der Waals surface area contributed by atoms with Gasteiger partial charge in [0.2, 0.25) is 0 Å². The Balaban J connectivity index is 2.24. The maximum atomic E-state index is 5.57. The van der Waals surface area contributed by atoms with Gasteiger partial charge in [0.1, 0.15) is 22.8 Å². The molecule has 0 amide bonds. The molecule has 106 valence electrons. The highest BCUT2D eigenvalue weighted by Crippen LogP contribution is 2.21. The number of aromatic nitrogens is 2. The van der Waals surface area contributed by atoms with Gasteiger partial charge in [-0.05, 0) is 42.3 Å². The number of hydrogen-bond donors (Lipinski definition) is 1. The van der Waals surface area contributed by atoms with E-state index in [1.165, 1.54) is 0 Å². The summed E-state index contributed by atoms with van der Waals surface area (Å²) in [4.78, 5) is 7.44. The standard InChI is InChI=1S/C15H18N2O2S/c1-3-8-19-12-6-4-11(5-7-12)13-9-15(20)17-14(16-13)10-18-2/h4-7,9H,3,8,10H2,1-2H3,(H,16,17,20). The fourth-order valence-corrected chi connectivity index (χ4v) is 2.05. The summed E-state index contributed by atoms with van der Waals surface area (Å²) in [5.41, 5.74) is 1.97. The number of hydrogen-bond acceptors (Lipinski definition) is 4. The molecule has 5 heteroatoms. The van der Waals surface area contributed by atoms with Crippen molar-refractivity contribution in [1.29, 1.82) is 0 Å². The molecule has 0 atom stereocenters. The van der Waals surface area contributed by atoms with Gasteiger partial charge in [-0.15, -0.1) is 0 Å². The van der Waals surface area contributed by atoms with E-state index in [1.807, 2.05) is 30.3 Å². The molecule has 0 radical (unpaired) electrons. The van der Waals surface area contributed by atoms with Crippen LogP contribution in [0.2, 0.25) is 0 Å². The van der Waals surface area contributed by atoms with Gasteiger partial charge in [0.15, 0.2) is 0 Å². The second kappa shape index (κ2) is 7.17. The van der Waals surface area contributed by atoms with Gasteiger partial charge in [0.25, 0.3) is 0 Å². The number of ether oxygens (including phenoxy) is 2. The van der Waals surface area contributed by atoms with Crippen LogP contribution in [0.25, 0.3) is 11.3 Å². The third-order valence-corrected chi connectivity index (χ3v) is 2.92. The molecule has 0 saturated heterocycles. The average Bonchev–Trinajstić information content (AvgIpc) is 2.45. The lowest BCUT2D eigenvalue weighted by Gasteiger charge is -2.08. The Bertz CT molecular complexity index is 608. The van der Waals surface area contributed by atoms with Crippen molar-refractivity contribution in [2.24, 2.45) is 0 Å². The van der Waals surface area contributed by atoms with Gasteiger partial charge in [-0.2, -0.15) is 0 Å². The zero-order valence-corrected chi connectivity index (χ0v) is 12.5. The quantitative estimate of drug-likeness (QED) is 0.823. The van der Waals surface area contributed by atoms with Gasteiger partial charge in [0.05, 0.1) is 6.61 Å². The molecule has 1 aromatic heterocycles. The molecule has 0 aliphatic carbocycles. The van der Waals surface area contributed by atoms with E-state index in [4.69, 9.17) is 21.7 Å². The lowest BCUT2D eigenvalue weighted by molar-refractivity contribution is 0.177. The smallest absolute Gasteiger partial charge is 0.134 e. The van der Waals surface area contributed by atoms with E-state index in [0.717, 1.165) is 35.9 Å². The summed E-state index contributed by atoms with van der Waals surface area (Å²) < 4.78 is 11.2. The zero-order chi connectivity index (χ0) is 14.4. The van der Waals surface area contributed by atoms with Gasteiger partial charge >= 0.3 is 0 Å². The summed E-state index contributed by atoms with van der Waals surface area (Å²) in [6.07, 6.45) is 1.000. The predicted octanol–water partition coefficient (Wildman–Crippen LogP) is 3.74. The first-order valence-electron chi connectivity index (χ1n) is 6.55. The largest absolute Gasteiger partial charge is 0.494 e. The minimum absolute atomic E-state index is 0.412. The Labute approximate surface area is 123 Å². The number of rotatable bonds is 6. The minimum atomic E-state index is 0.412. The second-order valence-electron chi connectivity index (χ2n) is 4.39. The van der Waals surface area contributed by atoms with Crippen molar-refractivity contribution in [1.82, 2.24) is 9.97 Å². The molecular formula is C15H18N2O2S.